The highest BCUT2D eigenvalue weighted by molar-refractivity contribution is 5.98. The summed E-state index contributed by atoms with van der Waals surface area (Å²) < 4.78 is 5.06. The van der Waals surface area contributed by atoms with Crippen molar-refractivity contribution < 1.29 is 14.1 Å². The summed E-state index contributed by atoms with van der Waals surface area (Å²) in [6, 6.07) is 7.08. The van der Waals surface area contributed by atoms with Gasteiger partial charge in [-0.1, -0.05) is 30.8 Å². The quantitative estimate of drug-likeness (QED) is 0.718. The molecule has 1 aromatic carbocycles. The molecule has 2 aromatic rings. The Morgan fingerprint density at radius 1 is 1.29 bits per heavy atom. The number of hydrogen-bond acceptors (Lipinski definition) is 5. The molecule has 0 saturated carbocycles. The van der Waals surface area contributed by atoms with E-state index in [0.29, 0.717) is 30.4 Å². The molecule has 0 radical (unpaired) electrons. The van der Waals surface area contributed by atoms with Gasteiger partial charge >= 0.3 is 0 Å². The van der Waals surface area contributed by atoms with Gasteiger partial charge in [-0.25, -0.2) is 0 Å². The second-order valence-electron chi connectivity index (χ2n) is 5.12. The van der Waals surface area contributed by atoms with Gasteiger partial charge in [-0.05, 0) is 23.8 Å². The predicted octanol–water partition coefficient (Wildman–Crippen LogP) is 1.66. The number of nitrogens with zero attached hydrogens (tertiary/aromatic N) is 2. The first-order valence-corrected chi connectivity index (χ1v) is 7.71. The van der Waals surface area contributed by atoms with Crippen LogP contribution in [0.4, 0.5) is 5.69 Å². The predicted molar refractivity (Wildman–Crippen MR) is 89.4 cm³/mol. The summed E-state index contributed by atoms with van der Waals surface area (Å²) >= 11 is 0. The van der Waals surface area contributed by atoms with Crippen molar-refractivity contribution in [1.82, 2.24) is 15.5 Å². The molecular weight excluding hydrogens is 308 g/mol. The Bertz CT molecular complexity index is 707. The molecule has 2 N–H and O–H groups in total. The number of amides is 2. The van der Waals surface area contributed by atoms with Gasteiger partial charge in [0.25, 0.3) is 0 Å². The highest BCUT2D eigenvalue weighted by Crippen LogP contribution is 2.10. The second-order valence-corrected chi connectivity index (χ2v) is 5.12. The Morgan fingerprint density at radius 2 is 2.04 bits per heavy atom. The third-order valence-electron chi connectivity index (χ3n) is 3.26. The first-order valence-electron chi connectivity index (χ1n) is 7.71. The first kappa shape index (κ1) is 17.4. The minimum Gasteiger partial charge on any atom is -0.355 e. The van der Waals surface area contributed by atoms with Crippen molar-refractivity contribution in [2.45, 2.75) is 26.2 Å². The summed E-state index contributed by atoms with van der Waals surface area (Å²) in [5.74, 6) is 0.829. The molecule has 0 saturated heterocycles. The Labute approximate surface area is 140 Å². The van der Waals surface area contributed by atoms with Crippen molar-refractivity contribution in [3.8, 4) is 0 Å². The van der Waals surface area contributed by atoms with Crippen LogP contribution in [0, 0.1) is 0 Å². The fourth-order valence-corrected chi connectivity index (χ4v) is 1.99. The minimum atomic E-state index is -0.271. The van der Waals surface area contributed by atoms with Crippen LogP contribution in [0.25, 0.3) is 0 Å². The van der Waals surface area contributed by atoms with E-state index in [2.05, 4.69) is 27.4 Å². The normalized spacial score (nSPS) is 10.2. The largest absolute Gasteiger partial charge is 0.355 e. The average molecular weight is 328 g/mol. The number of aryl methyl sites for hydroxylation is 1. The summed E-state index contributed by atoms with van der Waals surface area (Å²) in [4.78, 5) is 27.3. The van der Waals surface area contributed by atoms with Crippen LogP contribution in [0.3, 0.4) is 0 Å². The zero-order valence-corrected chi connectivity index (χ0v) is 13.5. The Balaban J connectivity index is 1.75. The molecule has 0 spiro atoms. The Hall–Kier alpha value is -2.96. The average Bonchev–Trinajstić information content (AvgIpc) is 3.04. The van der Waals surface area contributed by atoms with Gasteiger partial charge in [0.2, 0.25) is 17.7 Å². The number of rotatable bonds is 8. The molecule has 0 aliphatic carbocycles. The van der Waals surface area contributed by atoms with Crippen LogP contribution in [0.15, 0.2) is 41.4 Å². The summed E-state index contributed by atoms with van der Waals surface area (Å²) in [7, 11) is 0. The fraction of sp³-hybridized carbons (Fsp3) is 0.294. The van der Waals surface area contributed by atoms with Crippen molar-refractivity contribution in [2.75, 3.05) is 11.9 Å². The number of aromatic nitrogens is 2. The monoisotopic (exact) mass is 328 g/mol. The Morgan fingerprint density at radius 3 is 2.67 bits per heavy atom. The molecule has 7 nitrogen and oxygen atoms in total. The lowest BCUT2D eigenvalue weighted by molar-refractivity contribution is -0.120. The Kier molecular flexibility index (Phi) is 6.24. The first-order chi connectivity index (χ1) is 11.6. The highest BCUT2D eigenvalue weighted by Gasteiger charge is 2.07. The number of hydrogen-bond donors (Lipinski definition) is 2. The smallest absolute Gasteiger partial charge is 0.247 e. The van der Waals surface area contributed by atoms with E-state index in [9.17, 15) is 9.59 Å². The van der Waals surface area contributed by atoms with Gasteiger partial charge in [0.1, 0.15) is 0 Å². The second kappa shape index (κ2) is 8.61. The molecule has 1 heterocycles. The van der Waals surface area contributed by atoms with Gasteiger partial charge in [0.15, 0.2) is 5.82 Å². The number of carbonyl (C=O) groups excluding carboxylic acids is 2. The zero-order valence-electron chi connectivity index (χ0n) is 13.5. The van der Waals surface area contributed by atoms with Crippen molar-refractivity contribution in [1.29, 1.82) is 0 Å². The third-order valence-corrected chi connectivity index (χ3v) is 3.26. The van der Waals surface area contributed by atoms with Gasteiger partial charge in [0.05, 0.1) is 6.42 Å². The number of anilines is 1. The molecule has 0 atom stereocenters. The van der Waals surface area contributed by atoms with Crippen molar-refractivity contribution in [2.24, 2.45) is 0 Å². The molecule has 1 aromatic heterocycles. The van der Waals surface area contributed by atoms with Crippen LogP contribution in [-0.2, 0) is 28.9 Å². The number of benzene rings is 1. The molecule has 2 rings (SSSR count). The van der Waals surface area contributed by atoms with Crippen molar-refractivity contribution >= 4 is 17.5 Å². The van der Waals surface area contributed by atoms with Gasteiger partial charge < -0.3 is 15.2 Å². The maximum absolute atomic E-state index is 11.9. The van der Waals surface area contributed by atoms with Crippen LogP contribution in [0.2, 0.25) is 0 Å². The highest BCUT2D eigenvalue weighted by atomic mass is 16.5. The topological polar surface area (TPSA) is 97.1 Å². The fourth-order valence-electron chi connectivity index (χ4n) is 1.99. The lowest BCUT2D eigenvalue weighted by atomic mass is 10.1. The molecule has 0 aliphatic heterocycles. The van der Waals surface area contributed by atoms with Crippen LogP contribution in [0.1, 0.15) is 24.2 Å². The minimum absolute atomic E-state index is 0.0897. The number of nitrogens with one attached hydrogen (secondary N) is 2. The lowest BCUT2D eigenvalue weighted by Crippen LogP contribution is -2.27. The molecular formula is C17H20N4O3. The lowest BCUT2D eigenvalue weighted by Gasteiger charge is -2.06. The molecule has 0 unspecified atom stereocenters. The van der Waals surface area contributed by atoms with Crippen molar-refractivity contribution in [3.05, 3.63) is 54.2 Å². The van der Waals surface area contributed by atoms with E-state index in [-0.39, 0.29) is 18.2 Å². The SMILES string of the molecule is C=CC(=O)Nc1ccc(CC(=O)NCCc2nc(CC)no2)cc1. The van der Waals surface area contributed by atoms with E-state index < -0.39 is 0 Å². The van der Waals surface area contributed by atoms with Gasteiger partial charge in [-0.15, -0.1) is 0 Å². The van der Waals surface area contributed by atoms with E-state index in [1.54, 1.807) is 24.3 Å². The maximum atomic E-state index is 11.9. The van der Waals surface area contributed by atoms with E-state index in [1.807, 2.05) is 6.92 Å². The van der Waals surface area contributed by atoms with Crippen molar-refractivity contribution in [3.63, 3.8) is 0 Å². The number of carbonyl (C=O) groups is 2. The van der Waals surface area contributed by atoms with E-state index in [0.717, 1.165) is 12.0 Å². The molecule has 2 amide bonds. The summed E-state index contributed by atoms with van der Waals surface area (Å²) in [6.45, 7) is 5.78. The molecule has 0 fully saturated rings. The zero-order chi connectivity index (χ0) is 17.4. The van der Waals surface area contributed by atoms with Gasteiger partial charge in [0, 0.05) is 25.1 Å². The summed E-state index contributed by atoms with van der Waals surface area (Å²) in [5, 5.41) is 9.26. The van der Waals surface area contributed by atoms with E-state index in [1.165, 1.54) is 6.08 Å². The molecule has 24 heavy (non-hydrogen) atoms. The van der Waals surface area contributed by atoms with Crippen LogP contribution in [-0.4, -0.2) is 28.5 Å². The van der Waals surface area contributed by atoms with Crippen LogP contribution in [0.5, 0.6) is 0 Å². The maximum Gasteiger partial charge on any atom is 0.247 e. The van der Waals surface area contributed by atoms with Crippen LogP contribution >= 0.6 is 0 Å². The standard InChI is InChI=1S/C17H20N4O3/c1-3-14-20-17(24-21-14)9-10-18-16(23)11-12-5-7-13(8-6-12)19-15(22)4-2/h4-8H,2-3,9-11H2,1H3,(H,18,23)(H,19,22). The molecule has 0 bridgehead atoms. The molecule has 0 aliphatic rings. The summed E-state index contributed by atoms with van der Waals surface area (Å²) in [6.07, 6.45) is 2.69. The third kappa shape index (κ3) is 5.35. The van der Waals surface area contributed by atoms with Crippen LogP contribution < -0.4 is 10.6 Å². The molecule has 7 heteroatoms. The van der Waals surface area contributed by atoms with Gasteiger partial charge in [-0.3, -0.25) is 9.59 Å². The summed E-state index contributed by atoms with van der Waals surface area (Å²) in [5.41, 5.74) is 1.52. The van der Waals surface area contributed by atoms with Gasteiger partial charge in [-0.2, -0.15) is 4.98 Å². The van der Waals surface area contributed by atoms with E-state index >= 15 is 0 Å². The molecule has 126 valence electrons. The van der Waals surface area contributed by atoms with E-state index in [4.69, 9.17) is 4.52 Å².